The third kappa shape index (κ3) is 18.3. The van der Waals surface area contributed by atoms with E-state index >= 15 is 0 Å². The minimum Gasteiger partial charge on any atom is -0.506 e. The molecule has 0 spiro atoms. The van der Waals surface area contributed by atoms with Gasteiger partial charge in [0.2, 0.25) is 0 Å². The molecule has 3 N–H and O–H groups in total. The predicted octanol–water partition coefficient (Wildman–Crippen LogP) is 12.7. The number of likely N-dealkylation sites (N-methyl/N-ethyl adjacent to an activating group) is 2. The monoisotopic (exact) mass is 1750 g/mol. The zero-order valence-corrected chi connectivity index (χ0v) is 50.0. The van der Waals surface area contributed by atoms with E-state index in [-0.39, 0.29) is 50.7 Å². The second kappa shape index (κ2) is 29.6. The fourth-order valence-electron chi connectivity index (χ4n) is 5.49. The van der Waals surface area contributed by atoms with E-state index in [1.54, 1.807) is 12.1 Å². The SMILES string of the molecule is C.C.CCNC(Cc1cc(I)c(Oc2cc(I)c(O)c(I)c2)c(I)c1)C(=O)OCC.CCNC(Cc1cc(I)c(Oc2cc(I)c(OCC3CO3)c(I)c2)c(I)c1)C(=O)OCC. The molecule has 19 heteroatoms. The minimum atomic E-state index is -0.372. The molecule has 1 saturated heterocycles. The summed E-state index contributed by atoms with van der Waals surface area (Å²) in [6, 6.07) is 15.0. The summed E-state index contributed by atoms with van der Waals surface area (Å²) < 4.78 is 41.3. The standard InChI is InChI=1S/C22H23I4NO5.C19H19I4NO4.2CH4/c1-3-27-19(22(28)29-4-2)7-12-5-15(23)21(16(24)6-12)32-13-8-17(25)20(18(26)9-13)31-11-14-10-30-14;1-3-24-16(19(26)27-4-2)7-10-5-14(22)18(15(23)6-10)28-11-8-12(20)17(25)13(21)9-11;;/h5-6,8-9,14,19,27H,3-4,7,10-11H2,1-2H3;5-6,8-9,16,24-25H,3-4,7H2,1-2H3;2*1H4. The lowest BCUT2D eigenvalue weighted by Crippen LogP contribution is -2.39. The first-order chi connectivity index (χ1) is 28.6. The lowest BCUT2D eigenvalue weighted by atomic mass is 10.1. The second-order valence-electron chi connectivity index (χ2n) is 12.8. The van der Waals surface area contributed by atoms with Gasteiger partial charge >= 0.3 is 11.9 Å². The van der Waals surface area contributed by atoms with E-state index in [4.69, 9.17) is 28.4 Å². The summed E-state index contributed by atoms with van der Waals surface area (Å²) in [7, 11) is 0. The summed E-state index contributed by atoms with van der Waals surface area (Å²) >= 11 is 17.8. The van der Waals surface area contributed by atoms with E-state index in [0.717, 1.165) is 69.3 Å². The summed E-state index contributed by atoms with van der Waals surface area (Å²) in [6.45, 7) is 11.1. The van der Waals surface area contributed by atoms with Crippen molar-refractivity contribution in [3.8, 4) is 34.5 Å². The number of rotatable bonds is 19. The number of hydrogen-bond acceptors (Lipinski definition) is 11. The van der Waals surface area contributed by atoms with E-state index in [1.807, 2.05) is 52.0 Å². The van der Waals surface area contributed by atoms with Gasteiger partial charge in [-0.1, -0.05) is 28.7 Å². The van der Waals surface area contributed by atoms with Gasteiger partial charge in [-0.15, -0.1) is 0 Å². The molecule has 1 heterocycles. The first-order valence-electron chi connectivity index (χ1n) is 18.6. The van der Waals surface area contributed by atoms with E-state index in [9.17, 15) is 14.7 Å². The van der Waals surface area contributed by atoms with Crippen molar-refractivity contribution in [1.29, 1.82) is 0 Å². The Labute approximate surface area is 475 Å². The largest absolute Gasteiger partial charge is 0.506 e. The quantitative estimate of drug-likeness (QED) is 0.0470. The molecule has 0 aromatic heterocycles. The van der Waals surface area contributed by atoms with Gasteiger partial charge in [0, 0.05) is 0 Å². The van der Waals surface area contributed by atoms with Crippen molar-refractivity contribution >= 4 is 193 Å². The fourth-order valence-corrected chi connectivity index (χ4v) is 13.5. The molecule has 3 atom stereocenters. The van der Waals surface area contributed by atoms with Crippen LogP contribution in [0.3, 0.4) is 0 Å². The molecule has 62 heavy (non-hydrogen) atoms. The number of halogens is 8. The molecule has 1 aliphatic heterocycles. The van der Waals surface area contributed by atoms with Crippen LogP contribution in [0.25, 0.3) is 0 Å². The summed E-state index contributed by atoms with van der Waals surface area (Å²) in [5.41, 5.74) is 2.09. The van der Waals surface area contributed by atoms with Crippen LogP contribution < -0.4 is 24.8 Å². The van der Waals surface area contributed by atoms with Gasteiger partial charge in [0.25, 0.3) is 0 Å². The number of carbonyl (C=O) groups is 2. The van der Waals surface area contributed by atoms with Crippen LogP contribution in [0, 0.1) is 28.6 Å². The van der Waals surface area contributed by atoms with Crippen molar-refractivity contribution in [1.82, 2.24) is 10.6 Å². The Morgan fingerprint density at radius 3 is 1.27 bits per heavy atom. The molecular weight excluding hydrogens is 1700 g/mol. The molecule has 11 nitrogen and oxygen atoms in total. The number of benzene rings is 4. The Bertz CT molecular complexity index is 2030. The summed E-state index contributed by atoms with van der Waals surface area (Å²) in [4.78, 5) is 24.4. The van der Waals surface area contributed by atoms with Gasteiger partial charge < -0.3 is 44.2 Å². The molecule has 3 unspecified atom stereocenters. The number of nitrogens with one attached hydrogen (secondary N) is 2. The van der Waals surface area contributed by atoms with Crippen LogP contribution in [0.1, 0.15) is 53.7 Å². The molecule has 5 rings (SSSR count). The Balaban J connectivity index is 0.000000417. The Hall–Kier alpha value is 0.740. The number of phenols is 1. The van der Waals surface area contributed by atoms with Gasteiger partial charge in [-0.3, -0.25) is 9.59 Å². The number of carbonyl (C=O) groups excluding carboxylic acids is 2. The maximum absolute atomic E-state index is 12.3. The van der Waals surface area contributed by atoms with E-state index in [0.29, 0.717) is 51.5 Å². The molecule has 0 amide bonds. The molecule has 0 bridgehead atoms. The van der Waals surface area contributed by atoms with Crippen LogP contribution in [-0.2, 0) is 36.6 Å². The predicted molar refractivity (Wildman–Crippen MR) is 314 cm³/mol. The van der Waals surface area contributed by atoms with Crippen LogP contribution in [0.4, 0.5) is 0 Å². The average molecular weight is 1750 g/mol. The van der Waals surface area contributed by atoms with Crippen molar-refractivity contribution in [3.63, 3.8) is 0 Å². The van der Waals surface area contributed by atoms with Crippen LogP contribution >= 0.6 is 181 Å². The molecular formula is C43H50I8N2O9. The molecule has 342 valence electrons. The molecule has 1 fully saturated rings. The first kappa shape index (κ1) is 58.9. The van der Waals surface area contributed by atoms with E-state index in [2.05, 4.69) is 203 Å². The highest BCUT2D eigenvalue weighted by Crippen LogP contribution is 2.39. The average Bonchev–Trinajstić information content (AvgIpc) is 4.01. The number of phenolic OH excluding ortho intramolecular Hbond substituents is 1. The smallest absolute Gasteiger partial charge is 0.323 e. The van der Waals surface area contributed by atoms with Crippen molar-refractivity contribution in [2.75, 3.05) is 39.5 Å². The van der Waals surface area contributed by atoms with E-state index < -0.39 is 0 Å². The fraction of sp³-hybridized carbons (Fsp3) is 0.395. The molecule has 4 aromatic rings. The van der Waals surface area contributed by atoms with Crippen molar-refractivity contribution in [2.45, 2.75) is 73.6 Å². The minimum absolute atomic E-state index is 0. The Kier molecular flexibility index (Phi) is 28.1. The molecule has 0 saturated carbocycles. The van der Waals surface area contributed by atoms with Gasteiger partial charge in [0.1, 0.15) is 47.8 Å². The highest BCUT2D eigenvalue weighted by Gasteiger charge is 2.25. The highest BCUT2D eigenvalue weighted by atomic mass is 127. The van der Waals surface area contributed by atoms with Gasteiger partial charge in [0.05, 0.1) is 48.4 Å². The lowest BCUT2D eigenvalue weighted by molar-refractivity contribution is -0.146. The van der Waals surface area contributed by atoms with Gasteiger partial charge in [-0.05, 0) is 280 Å². The summed E-state index contributed by atoms with van der Waals surface area (Å²) in [5, 5.41) is 16.3. The van der Waals surface area contributed by atoms with Crippen LogP contribution in [0.2, 0.25) is 0 Å². The third-order valence-corrected chi connectivity index (χ3v) is 14.7. The first-order valence-corrected chi connectivity index (χ1v) is 27.2. The number of epoxide rings is 1. The molecule has 0 radical (unpaired) electrons. The molecule has 4 aromatic carbocycles. The van der Waals surface area contributed by atoms with Crippen LogP contribution in [0.15, 0.2) is 48.5 Å². The number of hydrogen-bond donors (Lipinski definition) is 3. The van der Waals surface area contributed by atoms with E-state index in [1.165, 1.54) is 0 Å². The van der Waals surface area contributed by atoms with Gasteiger partial charge in [-0.25, -0.2) is 0 Å². The molecule has 0 aliphatic carbocycles. The zero-order valence-electron chi connectivity index (χ0n) is 32.7. The maximum atomic E-state index is 12.3. The van der Waals surface area contributed by atoms with Gasteiger partial charge in [-0.2, -0.15) is 0 Å². The summed E-state index contributed by atoms with van der Waals surface area (Å²) in [6.07, 6.45) is 1.33. The number of ether oxygens (including phenoxy) is 6. The summed E-state index contributed by atoms with van der Waals surface area (Å²) in [5.74, 6) is 3.67. The van der Waals surface area contributed by atoms with Crippen molar-refractivity contribution in [2.24, 2.45) is 0 Å². The van der Waals surface area contributed by atoms with Gasteiger partial charge in [0.15, 0.2) is 11.5 Å². The van der Waals surface area contributed by atoms with Crippen molar-refractivity contribution in [3.05, 3.63) is 88.2 Å². The van der Waals surface area contributed by atoms with Crippen molar-refractivity contribution < 1.29 is 43.1 Å². The zero-order chi connectivity index (χ0) is 44.1. The molecule has 1 aliphatic rings. The number of esters is 2. The Morgan fingerprint density at radius 2 is 0.952 bits per heavy atom. The topological polar surface area (TPSA) is 137 Å². The maximum Gasteiger partial charge on any atom is 0.323 e. The second-order valence-corrected chi connectivity index (χ2v) is 22.1. The van der Waals surface area contributed by atoms with Crippen LogP contribution in [0.5, 0.6) is 34.5 Å². The highest BCUT2D eigenvalue weighted by molar-refractivity contribution is 14.1. The lowest BCUT2D eigenvalue weighted by Gasteiger charge is -2.18. The number of aromatic hydroxyl groups is 1. The normalized spacial score (nSPS) is 13.6. The third-order valence-electron chi connectivity index (χ3n) is 8.26. The Morgan fingerprint density at radius 1 is 0.613 bits per heavy atom. The van der Waals surface area contributed by atoms with Crippen LogP contribution in [-0.4, -0.2) is 74.7 Å².